The molecule has 0 spiro atoms. The van der Waals surface area contributed by atoms with Crippen molar-refractivity contribution in [2.45, 2.75) is 26.2 Å². The van der Waals surface area contributed by atoms with Gasteiger partial charge in [-0.25, -0.2) is 4.98 Å². The van der Waals surface area contributed by atoms with Crippen LogP contribution in [0.4, 0.5) is 5.13 Å². The molecular formula is C15H17N3OS2. The lowest BCUT2D eigenvalue weighted by molar-refractivity contribution is 0.102. The van der Waals surface area contributed by atoms with E-state index in [-0.39, 0.29) is 5.91 Å². The Kier molecular flexibility index (Phi) is 5.03. The number of rotatable bonds is 5. The number of amides is 1. The van der Waals surface area contributed by atoms with Crippen molar-refractivity contribution in [3.8, 4) is 0 Å². The molecular weight excluding hydrogens is 302 g/mol. The Bertz CT molecular complexity index is 664. The van der Waals surface area contributed by atoms with Gasteiger partial charge in [-0.3, -0.25) is 10.1 Å². The molecule has 110 valence electrons. The van der Waals surface area contributed by atoms with Gasteiger partial charge in [0.05, 0.1) is 10.7 Å². The average Bonchev–Trinajstić information content (AvgIpc) is 2.87. The molecule has 1 heterocycles. The molecule has 21 heavy (non-hydrogen) atoms. The summed E-state index contributed by atoms with van der Waals surface area (Å²) in [5, 5.41) is 5.40. The summed E-state index contributed by atoms with van der Waals surface area (Å²) in [4.78, 5) is 17.1. The first-order valence-corrected chi connectivity index (χ1v) is 7.89. The minimum absolute atomic E-state index is 0.188. The molecule has 2 aromatic rings. The highest BCUT2D eigenvalue weighted by atomic mass is 32.1. The first kappa shape index (κ1) is 15.6. The number of hydrogen-bond acceptors (Lipinski definition) is 4. The smallest absolute Gasteiger partial charge is 0.257 e. The van der Waals surface area contributed by atoms with Gasteiger partial charge in [0.1, 0.15) is 0 Å². The maximum Gasteiger partial charge on any atom is 0.257 e. The van der Waals surface area contributed by atoms with Crippen LogP contribution in [0.1, 0.15) is 41.4 Å². The number of thiocarbonyl (C=S) groups is 1. The number of carbonyl (C=O) groups is 1. The zero-order valence-corrected chi connectivity index (χ0v) is 13.6. The predicted octanol–water partition coefficient (Wildman–Crippen LogP) is 3.35. The van der Waals surface area contributed by atoms with Crippen molar-refractivity contribution in [1.29, 1.82) is 0 Å². The molecule has 1 aromatic carbocycles. The van der Waals surface area contributed by atoms with E-state index in [1.807, 2.05) is 23.6 Å². The highest BCUT2D eigenvalue weighted by molar-refractivity contribution is 7.80. The standard InChI is InChI=1S/C15H17N3OS2/c1-9(2)12-8-21-15(17-12)18-14(19)11-6-4-3-5-10(11)7-13(16)20/h3-6,8-9H,7H2,1-2H3,(H2,16,20)(H,17,18,19). The van der Waals surface area contributed by atoms with Gasteiger partial charge in [-0.1, -0.05) is 44.3 Å². The summed E-state index contributed by atoms with van der Waals surface area (Å²) in [6, 6.07) is 7.30. The molecule has 1 amide bonds. The number of nitrogens with one attached hydrogen (secondary N) is 1. The normalized spacial score (nSPS) is 10.6. The van der Waals surface area contributed by atoms with Crippen molar-refractivity contribution in [3.63, 3.8) is 0 Å². The molecule has 0 atom stereocenters. The third kappa shape index (κ3) is 4.09. The lowest BCUT2D eigenvalue weighted by atomic mass is 10.0. The van der Waals surface area contributed by atoms with Crippen LogP contribution in [0.15, 0.2) is 29.6 Å². The van der Waals surface area contributed by atoms with Gasteiger partial charge in [-0.05, 0) is 17.5 Å². The number of thiazole rings is 1. The highest BCUT2D eigenvalue weighted by Gasteiger charge is 2.14. The van der Waals surface area contributed by atoms with Crippen molar-refractivity contribution in [2.24, 2.45) is 5.73 Å². The zero-order chi connectivity index (χ0) is 15.4. The number of nitrogens with zero attached hydrogens (tertiary/aromatic N) is 1. The Morgan fingerprint density at radius 3 is 2.76 bits per heavy atom. The third-order valence-electron chi connectivity index (χ3n) is 2.96. The molecule has 0 unspecified atom stereocenters. The minimum atomic E-state index is -0.188. The fourth-order valence-corrected chi connectivity index (χ4v) is 2.88. The van der Waals surface area contributed by atoms with Gasteiger partial charge in [-0.15, -0.1) is 11.3 Å². The molecule has 2 rings (SSSR count). The number of aromatic nitrogens is 1. The molecule has 0 bridgehead atoms. The maximum atomic E-state index is 12.4. The van der Waals surface area contributed by atoms with E-state index >= 15 is 0 Å². The summed E-state index contributed by atoms with van der Waals surface area (Å²) in [5.74, 6) is 0.153. The zero-order valence-electron chi connectivity index (χ0n) is 11.9. The fraction of sp³-hybridized carbons (Fsp3) is 0.267. The van der Waals surface area contributed by atoms with Gasteiger partial charge in [-0.2, -0.15) is 0 Å². The van der Waals surface area contributed by atoms with Crippen molar-refractivity contribution in [1.82, 2.24) is 4.98 Å². The Labute approximate surface area is 133 Å². The lowest BCUT2D eigenvalue weighted by Gasteiger charge is -2.08. The largest absolute Gasteiger partial charge is 0.393 e. The molecule has 6 heteroatoms. The molecule has 0 aliphatic rings. The summed E-state index contributed by atoms with van der Waals surface area (Å²) in [6.45, 7) is 4.14. The van der Waals surface area contributed by atoms with Gasteiger partial charge in [0, 0.05) is 17.4 Å². The van der Waals surface area contributed by atoms with E-state index in [1.165, 1.54) is 11.3 Å². The van der Waals surface area contributed by atoms with Crippen molar-refractivity contribution < 1.29 is 4.79 Å². The average molecular weight is 319 g/mol. The van der Waals surface area contributed by atoms with Crippen LogP contribution < -0.4 is 11.1 Å². The van der Waals surface area contributed by atoms with E-state index in [2.05, 4.69) is 24.1 Å². The Balaban J connectivity index is 2.18. The van der Waals surface area contributed by atoms with Crippen molar-refractivity contribution >= 4 is 39.6 Å². The van der Waals surface area contributed by atoms with E-state index in [0.29, 0.717) is 28.0 Å². The molecule has 0 saturated heterocycles. The van der Waals surface area contributed by atoms with E-state index in [1.54, 1.807) is 6.07 Å². The quantitative estimate of drug-likeness (QED) is 0.829. The number of anilines is 1. The van der Waals surface area contributed by atoms with Crippen molar-refractivity contribution in [3.05, 3.63) is 46.5 Å². The van der Waals surface area contributed by atoms with E-state index in [9.17, 15) is 4.79 Å². The van der Waals surface area contributed by atoms with Crippen LogP contribution in [-0.2, 0) is 6.42 Å². The number of carbonyl (C=O) groups excluding carboxylic acids is 1. The fourth-order valence-electron chi connectivity index (χ4n) is 1.86. The number of nitrogens with two attached hydrogens (primary N) is 1. The molecule has 3 N–H and O–H groups in total. The SMILES string of the molecule is CC(C)c1csc(NC(=O)c2ccccc2CC(N)=S)n1. The third-order valence-corrected chi connectivity index (χ3v) is 3.88. The number of hydrogen-bond donors (Lipinski definition) is 2. The summed E-state index contributed by atoms with van der Waals surface area (Å²) >= 11 is 6.35. The molecule has 1 aromatic heterocycles. The van der Waals surface area contributed by atoms with Crippen LogP contribution in [0.5, 0.6) is 0 Å². The van der Waals surface area contributed by atoms with Gasteiger partial charge in [0.15, 0.2) is 5.13 Å². The van der Waals surface area contributed by atoms with Crippen molar-refractivity contribution in [2.75, 3.05) is 5.32 Å². The molecule has 4 nitrogen and oxygen atoms in total. The van der Waals surface area contributed by atoms with Crippen LogP contribution in [-0.4, -0.2) is 15.9 Å². The molecule has 0 saturated carbocycles. The van der Waals surface area contributed by atoms with E-state index < -0.39 is 0 Å². The Morgan fingerprint density at radius 1 is 1.43 bits per heavy atom. The highest BCUT2D eigenvalue weighted by Crippen LogP contribution is 2.22. The molecule has 0 aliphatic carbocycles. The maximum absolute atomic E-state index is 12.4. The van der Waals surface area contributed by atoms with Crippen LogP contribution >= 0.6 is 23.6 Å². The van der Waals surface area contributed by atoms with Gasteiger partial charge in [0.25, 0.3) is 5.91 Å². The van der Waals surface area contributed by atoms with E-state index in [0.717, 1.165) is 11.3 Å². The second-order valence-corrected chi connectivity index (χ2v) is 6.37. The second kappa shape index (κ2) is 6.78. The first-order chi connectivity index (χ1) is 9.97. The number of benzene rings is 1. The summed E-state index contributed by atoms with van der Waals surface area (Å²) in [5.41, 5.74) is 7.95. The van der Waals surface area contributed by atoms with Gasteiger partial charge < -0.3 is 5.73 Å². The second-order valence-electron chi connectivity index (χ2n) is 4.99. The van der Waals surface area contributed by atoms with Gasteiger partial charge >= 0.3 is 0 Å². The van der Waals surface area contributed by atoms with Crippen LogP contribution in [0.3, 0.4) is 0 Å². The van der Waals surface area contributed by atoms with E-state index in [4.69, 9.17) is 18.0 Å². The summed E-state index contributed by atoms with van der Waals surface area (Å²) < 4.78 is 0. The van der Waals surface area contributed by atoms with Gasteiger partial charge in [0.2, 0.25) is 0 Å². The molecule has 0 radical (unpaired) electrons. The Hall–Kier alpha value is -1.79. The topological polar surface area (TPSA) is 68.0 Å². The minimum Gasteiger partial charge on any atom is -0.393 e. The summed E-state index contributed by atoms with van der Waals surface area (Å²) in [7, 11) is 0. The van der Waals surface area contributed by atoms with Crippen LogP contribution in [0.25, 0.3) is 0 Å². The lowest BCUT2D eigenvalue weighted by Crippen LogP contribution is -2.18. The van der Waals surface area contributed by atoms with Crippen LogP contribution in [0.2, 0.25) is 0 Å². The molecule has 0 aliphatic heterocycles. The predicted molar refractivity (Wildman–Crippen MR) is 91.1 cm³/mol. The molecule has 0 fully saturated rings. The first-order valence-electron chi connectivity index (χ1n) is 6.60. The Morgan fingerprint density at radius 2 is 2.14 bits per heavy atom. The van der Waals surface area contributed by atoms with Crippen LogP contribution in [0, 0.1) is 0 Å². The monoisotopic (exact) mass is 319 g/mol. The summed E-state index contributed by atoms with van der Waals surface area (Å²) in [6.07, 6.45) is 0.411.